The van der Waals surface area contributed by atoms with E-state index in [9.17, 15) is 8.42 Å². The van der Waals surface area contributed by atoms with Gasteiger partial charge in [0, 0.05) is 5.70 Å². The minimum atomic E-state index is -3.49. The summed E-state index contributed by atoms with van der Waals surface area (Å²) in [7, 11) is -3.49. The fourth-order valence-corrected chi connectivity index (χ4v) is 2.42. The normalized spacial score (nSPS) is 12.4. The number of hydrogen-bond acceptors (Lipinski definition) is 3. The van der Waals surface area contributed by atoms with Crippen LogP contribution in [0.1, 0.15) is 33.1 Å². The van der Waals surface area contributed by atoms with Gasteiger partial charge in [-0.3, -0.25) is 0 Å². The minimum Gasteiger partial charge on any atom is -0.312 e. The second kappa shape index (κ2) is 7.18. The standard InChI is InChI=1S/C13H20N2O2S/c1-3-8-12(9-4-2)14-15-18(16,17)13-10-6-5-7-11-13/h5-8,10-11,14-15H,3-4,9H2,1-2H3/b12-8+. The summed E-state index contributed by atoms with van der Waals surface area (Å²) in [6.45, 7) is 4.07. The molecule has 0 spiro atoms. The van der Waals surface area contributed by atoms with Crippen LogP contribution in [-0.2, 0) is 10.0 Å². The highest BCUT2D eigenvalue weighted by molar-refractivity contribution is 7.89. The van der Waals surface area contributed by atoms with E-state index in [-0.39, 0.29) is 4.90 Å². The summed E-state index contributed by atoms with van der Waals surface area (Å²) < 4.78 is 23.9. The third-order valence-electron chi connectivity index (χ3n) is 2.37. The summed E-state index contributed by atoms with van der Waals surface area (Å²) in [4.78, 5) is 2.65. The van der Waals surface area contributed by atoms with Crippen LogP contribution in [0.3, 0.4) is 0 Å². The molecule has 2 N–H and O–H groups in total. The van der Waals surface area contributed by atoms with Gasteiger partial charge in [0.25, 0.3) is 10.0 Å². The molecule has 18 heavy (non-hydrogen) atoms. The van der Waals surface area contributed by atoms with Crippen molar-refractivity contribution < 1.29 is 8.42 Å². The minimum absolute atomic E-state index is 0.254. The molecule has 0 amide bonds. The molecule has 1 rings (SSSR count). The van der Waals surface area contributed by atoms with Crippen LogP contribution in [0.25, 0.3) is 0 Å². The molecule has 100 valence electrons. The molecule has 0 aliphatic heterocycles. The smallest absolute Gasteiger partial charge is 0.257 e. The molecule has 0 heterocycles. The van der Waals surface area contributed by atoms with E-state index in [4.69, 9.17) is 0 Å². The molecule has 0 saturated heterocycles. The number of hydrazine groups is 1. The van der Waals surface area contributed by atoms with Crippen molar-refractivity contribution in [1.29, 1.82) is 0 Å². The lowest BCUT2D eigenvalue weighted by Gasteiger charge is -2.12. The van der Waals surface area contributed by atoms with E-state index in [2.05, 4.69) is 17.2 Å². The second-order valence-corrected chi connectivity index (χ2v) is 5.61. The first-order valence-corrected chi connectivity index (χ1v) is 7.60. The van der Waals surface area contributed by atoms with Gasteiger partial charge in [0.1, 0.15) is 0 Å². The number of benzene rings is 1. The molecule has 0 fully saturated rings. The Bertz CT molecular complexity index is 481. The molecule has 0 aliphatic carbocycles. The molecular formula is C13H20N2O2S. The fourth-order valence-electron chi connectivity index (χ4n) is 1.52. The predicted molar refractivity (Wildman–Crippen MR) is 73.2 cm³/mol. The van der Waals surface area contributed by atoms with Crippen LogP contribution in [0, 0.1) is 0 Å². The van der Waals surface area contributed by atoms with Crippen LogP contribution in [0.15, 0.2) is 47.0 Å². The van der Waals surface area contributed by atoms with Crippen molar-refractivity contribution in [2.45, 2.75) is 38.0 Å². The molecule has 0 radical (unpaired) electrons. The van der Waals surface area contributed by atoms with Crippen LogP contribution in [0.5, 0.6) is 0 Å². The quantitative estimate of drug-likeness (QED) is 0.747. The Morgan fingerprint density at radius 1 is 1.22 bits per heavy atom. The van der Waals surface area contributed by atoms with Gasteiger partial charge < -0.3 is 5.43 Å². The molecule has 0 bridgehead atoms. The fraction of sp³-hybridized carbons (Fsp3) is 0.385. The molecular weight excluding hydrogens is 248 g/mol. The molecule has 0 aliphatic rings. The molecule has 1 aromatic carbocycles. The van der Waals surface area contributed by atoms with E-state index in [0.29, 0.717) is 0 Å². The summed E-state index contributed by atoms with van der Waals surface area (Å²) in [6, 6.07) is 8.30. The average Bonchev–Trinajstić information content (AvgIpc) is 2.38. The van der Waals surface area contributed by atoms with Crippen molar-refractivity contribution in [3.63, 3.8) is 0 Å². The van der Waals surface area contributed by atoms with E-state index in [1.54, 1.807) is 30.3 Å². The summed E-state index contributed by atoms with van der Waals surface area (Å²) in [5.41, 5.74) is 3.69. The first-order chi connectivity index (χ1) is 8.60. The maximum absolute atomic E-state index is 11.9. The number of nitrogens with one attached hydrogen (secondary N) is 2. The van der Waals surface area contributed by atoms with Crippen LogP contribution in [0.4, 0.5) is 0 Å². The van der Waals surface area contributed by atoms with Gasteiger partial charge in [0.15, 0.2) is 0 Å². The van der Waals surface area contributed by atoms with Gasteiger partial charge in [-0.05, 0) is 25.0 Å². The Hall–Kier alpha value is -1.33. The molecule has 0 aromatic heterocycles. The average molecular weight is 268 g/mol. The van der Waals surface area contributed by atoms with E-state index in [1.165, 1.54) is 0 Å². The number of rotatable bonds is 7. The van der Waals surface area contributed by atoms with E-state index in [1.807, 2.05) is 13.0 Å². The van der Waals surface area contributed by atoms with Gasteiger partial charge in [0.05, 0.1) is 4.90 Å². The van der Waals surface area contributed by atoms with E-state index in [0.717, 1.165) is 25.0 Å². The first-order valence-electron chi connectivity index (χ1n) is 6.12. The third-order valence-corrected chi connectivity index (χ3v) is 3.63. The van der Waals surface area contributed by atoms with Crippen molar-refractivity contribution in [2.75, 3.05) is 0 Å². The van der Waals surface area contributed by atoms with E-state index >= 15 is 0 Å². The Balaban J connectivity index is 2.70. The molecule has 4 nitrogen and oxygen atoms in total. The molecule has 1 aromatic rings. The van der Waals surface area contributed by atoms with Crippen molar-refractivity contribution in [1.82, 2.24) is 10.3 Å². The SMILES string of the molecule is CC/C=C(\CCC)NNS(=O)(=O)c1ccccc1. The maximum Gasteiger partial charge on any atom is 0.257 e. The van der Waals surface area contributed by atoms with Gasteiger partial charge in [-0.15, -0.1) is 4.83 Å². The van der Waals surface area contributed by atoms with Gasteiger partial charge in [-0.2, -0.15) is 0 Å². The Kier molecular flexibility index (Phi) is 5.88. The van der Waals surface area contributed by atoms with Crippen molar-refractivity contribution in [3.05, 3.63) is 42.1 Å². The molecule has 0 atom stereocenters. The topological polar surface area (TPSA) is 58.2 Å². The predicted octanol–water partition coefficient (Wildman–Crippen LogP) is 2.56. The van der Waals surface area contributed by atoms with Crippen LogP contribution in [-0.4, -0.2) is 8.42 Å². The first kappa shape index (κ1) is 14.7. The highest BCUT2D eigenvalue weighted by Crippen LogP contribution is 2.07. The van der Waals surface area contributed by atoms with Crippen LogP contribution in [0.2, 0.25) is 0 Å². The van der Waals surface area contributed by atoms with Crippen molar-refractivity contribution >= 4 is 10.0 Å². The zero-order chi connectivity index (χ0) is 13.4. The zero-order valence-corrected chi connectivity index (χ0v) is 11.6. The number of allylic oxidation sites excluding steroid dienone is 2. The van der Waals surface area contributed by atoms with Crippen molar-refractivity contribution in [2.24, 2.45) is 0 Å². The van der Waals surface area contributed by atoms with Gasteiger partial charge in [0.2, 0.25) is 0 Å². The molecule has 5 heteroatoms. The van der Waals surface area contributed by atoms with Gasteiger partial charge in [-0.1, -0.05) is 44.5 Å². The van der Waals surface area contributed by atoms with Gasteiger partial charge >= 0.3 is 0 Å². The summed E-state index contributed by atoms with van der Waals surface area (Å²) in [5, 5.41) is 0. The largest absolute Gasteiger partial charge is 0.312 e. The number of hydrogen-bond donors (Lipinski definition) is 2. The number of sulfonamides is 1. The Labute approximate surface area is 109 Å². The maximum atomic E-state index is 11.9. The lowest BCUT2D eigenvalue weighted by atomic mass is 10.2. The molecule has 0 unspecified atom stereocenters. The van der Waals surface area contributed by atoms with Crippen molar-refractivity contribution in [3.8, 4) is 0 Å². The second-order valence-electron chi connectivity index (χ2n) is 3.93. The third kappa shape index (κ3) is 4.50. The summed E-state index contributed by atoms with van der Waals surface area (Å²) in [5.74, 6) is 0. The lowest BCUT2D eigenvalue weighted by Crippen LogP contribution is -2.36. The Morgan fingerprint density at radius 2 is 1.89 bits per heavy atom. The monoisotopic (exact) mass is 268 g/mol. The molecule has 0 saturated carbocycles. The van der Waals surface area contributed by atoms with Crippen LogP contribution < -0.4 is 10.3 Å². The summed E-state index contributed by atoms with van der Waals surface area (Å²) >= 11 is 0. The van der Waals surface area contributed by atoms with E-state index < -0.39 is 10.0 Å². The highest BCUT2D eigenvalue weighted by atomic mass is 32.2. The Morgan fingerprint density at radius 3 is 2.44 bits per heavy atom. The highest BCUT2D eigenvalue weighted by Gasteiger charge is 2.12. The van der Waals surface area contributed by atoms with Crippen LogP contribution >= 0.6 is 0 Å². The van der Waals surface area contributed by atoms with Gasteiger partial charge in [-0.25, -0.2) is 8.42 Å². The lowest BCUT2D eigenvalue weighted by molar-refractivity contribution is 0.566. The summed E-state index contributed by atoms with van der Waals surface area (Å²) in [6.07, 6.45) is 4.64. The zero-order valence-electron chi connectivity index (χ0n) is 10.8.